The Morgan fingerprint density at radius 2 is 1.73 bits per heavy atom. The van der Waals surface area contributed by atoms with Crippen LogP contribution in [0, 0.1) is 0 Å². The molecule has 0 aromatic heterocycles. The van der Waals surface area contributed by atoms with Gasteiger partial charge in [-0.1, -0.05) is 63.2 Å². The van der Waals surface area contributed by atoms with Crippen molar-refractivity contribution in [1.82, 2.24) is 0 Å². The van der Waals surface area contributed by atoms with Crippen LogP contribution in [0.2, 0.25) is 0 Å². The van der Waals surface area contributed by atoms with Crippen molar-refractivity contribution in [3.8, 4) is 11.5 Å². The van der Waals surface area contributed by atoms with Crippen molar-refractivity contribution in [3.05, 3.63) is 95.6 Å². The highest BCUT2D eigenvalue weighted by Gasteiger charge is 2.14. The zero-order chi connectivity index (χ0) is 20.8. The van der Waals surface area contributed by atoms with Gasteiger partial charge in [0.05, 0.1) is 19.3 Å². The number of methoxy groups -OCH3 is 1. The fourth-order valence-corrected chi connectivity index (χ4v) is 4.54. The lowest BCUT2D eigenvalue weighted by Crippen LogP contribution is -2.18. The maximum Gasteiger partial charge on any atom is 0.337 e. The number of benzene rings is 3. The largest absolute Gasteiger partial charge is 0.492 e. The van der Waals surface area contributed by atoms with Crippen molar-refractivity contribution in [1.29, 1.82) is 0 Å². The number of carbonyl (C=O) groups excluding carboxylic acids is 1. The summed E-state index contributed by atoms with van der Waals surface area (Å²) >= 11 is 0. The normalized spacial score (nSPS) is 15.4. The van der Waals surface area contributed by atoms with Crippen LogP contribution in [0.4, 0.5) is 0 Å². The lowest BCUT2D eigenvalue weighted by atomic mass is 10.1. The van der Waals surface area contributed by atoms with Crippen molar-refractivity contribution in [2.45, 2.75) is 12.3 Å². The number of rotatable bonds is 7. The van der Waals surface area contributed by atoms with Crippen molar-refractivity contribution in [3.63, 3.8) is 0 Å². The first-order valence-electron chi connectivity index (χ1n) is 9.78. The molecule has 3 aromatic carbocycles. The van der Waals surface area contributed by atoms with Gasteiger partial charge >= 0.3 is 5.97 Å². The van der Waals surface area contributed by atoms with E-state index in [4.69, 9.17) is 14.2 Å². The molecular formula is C25H23O4P. The van der Waals surface area contributed by atoms with Gasteiger partial charge in [0, 0.05) is 11.7 Å². The minimum Gasteiger partial charge on any atom is -0.492 e. The van der Waals surface area contributed by atoms with Gasteiger partial charge in [-0.15, -0.1) is 0 Å². The number of hydrogen-bond acceptors (Lipinski definition) is 4. The third-order valence-corrected chi connectivity index (χ3v) is 6.29. The van der Waals surface area contributed by atoms with E-state index >= 15 is 0 Å². The molecule has 0 fully saturated rings. The van der Waals surface area contributed by atoms with E-state index in [0.29, 0.717) is 33.0 Å². The first kappa shape index (κ1) is 20.2. The first-order chi connectivity index (χ1) is 14.7. The lowest BCUT2D eigenvalue weighted by Gasteiger charge is -2.20. The molecule has 0 bridgehead atoms. The highest BCUT2D eigenvalue weighted by atomic mass is 31.1. The van der Waals surface area contributed by atoms with Gasteiger partial charge in [0.25, 0.3) is 0 Å². The smallest absolute Gasteiger partial charge is 0.337 e. The molecular weight excluding hydrogens is 395 g/mol. The second-order valence-electron chi connectivity index (χ2n) is 6.96. The van der Waals surface area contributed by atoms with Gasteiger partial charge in [-0.3, -0.25) is 0 Å². The summed E-state index contributed by atoms with van der Waals surface area (Å²) in [4.78, 5) is 11.7. The van der Waals surface area contributed by atoms with Crippen LogP contribution in [0.1, 0.15) is 21.5 Å². The number of carbonyl (C=O) groups is 1. The fourth-order valence-electron chi connectivity index (χ4n) is 3.25. The quantitative estimate of drug-likeness (QED) is 0.407. The van der Waals surface area contributed by atoms with Crippen molar-refractivity contribution >= 4 is 25.9 Å². The summed E-state index contributed by atoms with van der Waals surface area (Å²) < 4.78 is 16.7. The molecule has 1 heterocycles. The minimum atomic E-state index is -0.354. The zero-order valence-corrected chi connectivity index (χ0v) is 17.7. The van der Waals surface area contributed by atoms with E-state index in [9.17, 15) is 4.79 Å². The molecule has 0 N–H and O–H groups in total. The fraction of sp³-hybridized carbons (Fsp3) is 0.160. The van der Waals surface area contributed by atoms with E-state index in [2.05, 4.69) is 36.4 Å². The molecule has 5 heteroatoms. The first-order valence-corrected chi connectivity index (χ1v) is 10.9. The molecule has 0 spiro atoms. The summed E-state index contributed by atoms with van der Waals surface area (Å²) in [5, 5.41) is 1.39. The van der Waals surface area contributed by atoms with Gasteiger partial charge in [-0.25, -0.2) is 4.79 Å². The van der Waals surface area contributed by atoms with Crippen molar-refractivity contribution in [2.75, 3.05) is 13.7 Å². The average Bonchev–Trinajstić information content (AvgIpc) is 2.81. The van der Waals surface area contributed by atoms with E-state index in [1.54, 1.807) is 12.1 Å². The third kappa shape index (κ3) is 5.08. The van der Waals surface area contributed by atoms with Gasteiger partial charge < -0.3 is 14.2 Å². The predicted molar refractivity (Wildman–Crippen MR) is 121 cm³/mol. The van der Waals surface area contributed by atoms with Crippen LogP contribution < -0.4 is 14.8 Å². The molecule has 2 unspecified atom stereocenters. The molecule has 3 aromatic rings. The van der Waals surface area contributed by atoms with Crippen LogP contribution in [0.25, 0.3) is 6.08 Å². The summed E-state index contributed by atoms with van der Waals surface area (Å²) in [6.45, 7) is 0.992. The van der Waals surface area contributed by atoms with Crippen LogP contribution in [-0.2, 0) is 11.3 Å². The lowest BCUT2D eigenvalue weighted by molar-refractivity contribution is 0.0600. The Labute approximate surface area is 178 Å². The van der Waals surface area contributed by atoms with Gasteiger partial charge in [-0.2, -0.15) is 0 Å². The summed E-state index contributed by atoms with van der Waals surface area (Å²) in [6, 6.07) is 23.4. The summed E-state index contributed by atoms with van der Waals surface area (Å²) in [6.07, 6.45) is 4.41. The van der Waals surface area contributed by atoms with E-state index in [1.807, 2.05) is 36.4 Å². The van der Waals surface area contributed by atoms with Crippen LogP contribution >= 0.6 is 8.58 Å². The average molecular weight is 418 g/mol. The summed E-state index contributed by atoms with van der Waals surface area (Å²) in [5.41, 5.74) is 3.10. The topological polar surface area (TPSA) is 44.8 Å². The zero-order valence-electron chi connectivity index (χ0n) is 16.7. The Hall–Kier alpha value is -3.10. The molecule has 0 amide bonds. The molecule has 0 aliphatic carbocycles. The summed E-state index contributed by atoms with van der Waals surface area (Å²) in [7, 11) is 2.08. The van der Waals surface area contributed by atoms with E-state index in [0.717, 1.165) is 17.1 Å². The molecule has 1 aliphatic heterocycles. The molecule has 4 nitrogen and oxygen atoms in total. The Morgan fingerprint density at radius 3 is 2.60 bits per heavy atom. The van der Waals surface area contributed by atoms with Gasteiger partial charge in [0.1, 0.15) is 18.1 Å². The van der Waals surface area contributed by atoms with E-state index in [1.165, 1.54) is 18.0 Å². The number of ether oxygens (including phenoxy) is 3. The molecule has 152 valence electrons. The van der Waals surface area contributed by atoms with Gasteiger partial charge in [0.2, 0.25) is 0 Å². The molecule has 1 aliphatic rings. The standard InChI is InChI=1S/C25H23O4P/c1-27-25(26)20-8-4-6-18(14-20)16-28-21-9-5-10-22(15-21)29-17-23-13-12-19-7-2-3-11-24(19)30-23/h2-15,23,30H,16-17H2,1H3. The Kier molecular flexibility index (Phi) is 6.46. The highest BCUT2D eigenvalue weighted by molar-refractivity contribution is 7.48. The minimum absolute atomic E-state index is 0.354. The van der Waals surface area contributed by atoms with Crippen LogP contribution in [0.15, 0.2) is 78.9 Å². The second-order valence-corrected chi connectivity index (χ2v) is 8.53. The Morgan fingerprint density at radius 1 is 0.933 bits per heavy atom. The SMILES string of the molecule is COC(=O)c1cccc(COc2cccc(OCC3C=Cc4ccccc4P3)c2)c1. The second kappa shape index (κ2) is 9.60. The number of hydrogen-bond donors (Lipinski definition) is 0. The number of esters is 1. The molecule has 4 rings (SSSR count). The molecule has 0 radical (unpaired) electrons. The van der Waals surface area contributed by atoms with Crippen LogP contribution in [-0.4, -0.2) is 25.3 Å². The molecule has 30 heavy (non-hydrogen) atoms. The molecule has 0 saturated heterocycles. The van der Waals surface area contributed by atoms with E-state index < -0.39 is 0 Å². The maximum absolute atomic E-state index is 11.7. The van der Waals surface area contributed by atoms with Crippen LogP contribution in [0.5, 0.6) is 11.5 Å². The van der Waals surface area contributed by atoms with Gasteiger partial charge in [0.15, 0.2) is 0 Å². The monoisotopic (exact) mass is 418 g/mol. The van der Waals surface area contributed by atoms with Crippen molar-refractivity contribution in [2.24, 2.45) is 0 Å². The Balaban J connectivity index is 1.33. The van der Waals surface area contributed by atoms with E-state index in [-0.39, 0.29) is 5.97 Å². The van der Waals surface area contributed by atoms with Crippen LogP contribution in [0.3, 0.4) is 0 Å². The van der Waals surface area contributed by atoms with Crippen molar-refractivity contribution < 1.29 is 19.0 Å². The van der Waals surface area contributed by atoms with Gasteiger partial charge in [-0.05, 0) is 40.7 Å². The number of fused-ring (bicyclic) bond motifs is 1. The maximum atomic E-state index is 11.7. The highest BCUT2D eigenvalue weighted by Crippen LogP contribution is 2.29. The predicted octanol–water partition coefficient (Wildman–Crippen LogP) is 4.83. The Bertz CT molecular complexity index is 1060. The summed E-state index contributed by atoms with van der Waals surface area (Å²) in [5.74, 6) is 1.16. The third-order valence-electron chi connectivity index (χ3n) is 4.80. The molecule has 2 atom stereocenters. The molecule has 0 saturated carbocycles.